The fraction of sp³-hybridized carbons (Fsp3) is 0.194. The monoisotopic (exact) mass is 590 g/mol. The number of nitrogens with zero attached hydrogens (tertiary/aromatic N) is 3. The van der Waals surface area contributed by atoms with Gasteiger partial charge in [-0.2, -0.15) is 13.2 Å². The first-order valence-electron chi connectivity index (χ1n) is 13.3. The first-order chi connectivity index (χ1) is 20.6. The zero-order valence-corrected chi connectivity index (χ0v) is 22.9. The molecule has 9 nitrogen and oxygen atoms in total. The van der Waals surface area contributed by atoms with Crippen LogP contribution in [0.3, 0.4) is 0 Å². The molecular formula is C31H25F3N4O5. The van der Waals surface area contributed by atoms with E-state index >= 15 is 0 Å². The minimum absolute atomic E-state index is 0.0802. The molecule has 1 N–H and O–H groups in total. The minimum atomic E-state index is -4.48. The quantitative estimate of drug-likeness (QED) is 0.260. The second-order valence-electron chi connectivity index (χ2n) is 10.0. The third-order valence-corrected chi connectivity index (χ3v) is 7.06. The lowest BCUT2D eigenvalue weighted by atomic mass is 10.1. The summed E-state index contributed by atoms with van der Waals surface area (Å²) in [6, 6.07) is 18.1. The van der Waals surface area contributed by atoms with Gasteiger partial charge in [-0.15, -0.1) is 0 Å². The van der Waals surface area contributed by atoms with Crippen molar-refractivity contribution < 1.29 is 37.0 Å². The first kappa shape index (κ1) is 27.9. The van der Waals surface area contributed by atoms with E-state index in [9.17, 15) is 22.8 Å². The van der Waals surface area contributed by atoms with Gasteiger partial charge in [0, 0.05) is 37.0 Å². The van der Waals surface area contributed by atoms with Crippen molar-refractivity contribution in [1.82, 2.24) is 9.88 Å². The van der Waals surface area contributed by atoms with E-state index in [-0.39, 0.29) is 24.3 Å². The average Bonchev–Trinajstić information content (AvgIpc) is 3.61. The van der Waals surface area contributed by atoms with E-state index < -0.39 is 17.6 Å². The summed E-state index contributed by atoms with van der Waals surface area (Å²) in [5.41, 5.74) is 2.09. The predicted octanol–water partition coefficient (Wildman–Crippen LogP) is 6.62. The van der Waals surface area contributed by atoms with E-state index in [1.807, 2.05) is 37.3 Å². The number of anilines is 2. The maximum Gasteiger partial charge on any atom is 0.416 e. The van der Waals surface area contributed by atoms with Crippen LogP contribution in [-0.4, -0.2) is 41.7 Å². The second-order valence-corrected chi connectivity index (χ2v) is 10.0. The Balaban J connectivity index is 1.05. The van der Waals surface area contributed by atoms with Crippen LogP contribution >= 0.6 is 0 Å². The third-order valence-electron chi connectivity index (χ3n) is 7.06. The summed E-state index contributed by atoms with van der Waals surface area (Å²) in [5.74, 6) is 1.63. The summed E-state index contributed by atoms with van der Waals surface area (Å²) in [4.78, 5) is 33.3. The van der Waals surface area contributed by atoms with Crippen molar-refractivity contribution in [3.63, 3.8) is 0 Å². The van der Waals surface area contributed by atoms with Gasteiger partial charge < -0.3 is 24.4 Å². The fourth-order valence-corrected chi connectivity index (χ4v) is 4.79. The normalized spacial score (nSPS) is 14.3. The smallest absolute Gasteiger partial charge is 0.416 e. The number of amides is 3. The Kier molecular flexibility index (Phi) is 7.26. The van der Waals surface area contributed by atoms with Crippen molar-refractivity contribution in [2.75, 3.05) is 30.1 Å². The lowest BCUT2D eigenvalue weighted by Crippen LogP contribution is -2.31. The molecule has 6 rings (SSSR count). The Bertz CT molecular complexity index is 1680. The Morgan fingerprint density at radius 2 is 1.77 bits per heavy atom. The number of urea groups is 1. The van der Waals surface area contributed by atoms with Crippen molar-refractivity contribution in [2.24, 2.45) is 0 Å². The topological polar surface area (TPSA) is 93.2 Å². The van der Waals surface area contributed by atoms with Gasteiger partial charge in [-0.05, 0) is 78.7 Å². The van der Waals surface area contributed by atoms with Crippen LogP contribution in [0.5, 0.6) is 23.1 Å². The number of alkyl halides is 3. The number of carbonyl (C=O) groups is 2. The molecule has 0 bridgehead atoms. The SMILES string of the molecule is Cc1cc(N2CCN(Cc3ccc4c(c3)OCO4)C2=O)ccc1Oc1ccc(NC(=O)c2ccc(C(F)(F)F)cc2)cn1. The van der Waals surface area contributed by atoms with Crippen molar-refractivity contribution in [1.29, 1.82) is 0 Å². The number of halogens is 3. The molecule has 0 atom stereocenters. The van der Waals surface area contributed by atoms with Crippen molar-refractivity contribution in [3.8, 4) is 23.1 Å². The fourth-order valence-electron chi connectivity index (χ4n) is 4.79. The molecule has 0 spiro atoms. The Morgan fingerprint density at radius 1 is 0.977 bits per heavy atom. The van der Waals surface area contributed by atoms with E-state index in [1.165, 1.54) is 6.20 Å². The van der Waals surface area contributed by atoms with Crippen LogP contribution in [-0.2, 0) is 12.7 Å². The highest BCUT2D eigenvalue weighted by molar-refractivity contribution is 6.04. The molecule has 220 valence electrons. The molecule has 2 aliphatic rings. The van der Waals surface area contributed by atoms with E-state index in [4.69, 9.17) is 14.2 Å². The van der Waals surface area contributed by atoms with Gasteiger partial charge in [0.15, 0.2) is 11.5 Å². The number of fused-ring (bicyclic) bond motifs is 1. The molecular weight excluding hydrogens is 565 g/mol. The number of carbonyl (C=O) groups excluding carboxylic acids is 2. The molecule has 1 saturated heterocycles. The third kappa shape index (κ3) is 6.03. The number of aryl methyl sites for hydroxylation is 1. The highest BCUT2D eigenvalue weighted by Gasteiger charge is 2.31. The van der Waals surface area contributed by atoms with Crippen molar-refractivity contribution in [2.45, 2.75) is 19.6 Å². The summed E-state index contributed by atoms with van der Waals surface area (Å²) >= 11 is 0. The number of aromatic nitrogens is 1. The molecule has 1 aromatic heterocycles. The summed E-state index contributed by atoms with van der Waals surface area (Å²) in [5, 5.41) is 2.60. The Morgan fingerprint density at radius 3 is 2.49 bits per heavy atom. The number of pyridine rings is 1. The first-order valence-corrected chi connectivity index (χ1v) is 13.3. The Labute approximate surface area is 244 Å². The van der Waals surface area contributed by atoms with Gasteiger partial charge in [-0.25, -0.2) is 9.78 Å². The summed E-state index contributed by atoms with van der Waals surface area (Å²) in [6.07, 6.45) is -3.09. The number of ether oxygens (including phenoxy) is 3. The van der Waals surface area contributed by atoms with Crippen LogP contribution < -0.4 is 24.4 Å². The molecule has 3 amide bonds. The van der Waals surface area contributed by atoms with E-state index in [2.05, 4.69) is 10.3 Å². The molecule has 3 aromatic carbocycles. The summed E-state index contributed by atoms with van der Waals surface area (Å²) in [6.45, 7) is 3.64. The van der Waals surface area contributed by atoms with Gasteiger partial charge in [-0.1, -0.05) is 6.07 Å². The maximum absolute atomic E-state index is 13.2. The summed E-state index contributed by atoms with van der Waals surface area (Å²) in [7, 11) is 0. The van der Waals surface area contributed by atoms with Gasteiger partial charge >= 0.3 is 12.2 Å². The van der Waals surface area contributed by atoms with Crippen LogP contribution in [0.15, 0.2) is 79.0 Å². The van der Waals surface area contributed by atoms with Crippen molar-refractivity contribution >= 4 is 23.3 Å². The lowest BCUT2D eigenvalue weighted by molar-refractivity contribution is -0.137. The van der Waals surface area contributed by atoms with E-state index in [0.717, 1.165) is 41.1 Å². The molecule has 43 heavy (non-hydrogen) atoms. The molecule has 3 heterocycles. The zero-order chi connectivity index (χ0) is 30.1. The highest BCUT2D eigenvalue weighted by Crippen LogP contribution is 2.34. The van der Waals surface area contributed by atoms with Crippen LogP contribution in [0.1, 0.15) is 27.0 Å². The minimum Gasteiger partial charge on any atom is -0.454 e. The van der Waals surface area contributed by atoms with E-state index in [0.29, 0.717) is 42.6 Å². The van der Waals surface area contributed by atoms with Crippen LogP contribution in [0.25, 0.3) is 0 Å². The number of hydrogen-bond donors (Lipinski definition) is 1. The molecule has 0 radical (unpaired) electrons. The van der Waals surface area contributed by atoms with Gasteiger partial charge in [0.2, 0.25) is 12.7 Å². The number of rotatable bonds is 7. The van der Waals surface area contributed by atoms with Gasteiger partial charge in [-0.3, -0.25) is 9.69 Å². The number of hydrogen-bond acceptors (Lipinski definition) is 6. The predicted molar refractivity (Wildman–Crippen MR) is 151 cm³/mol. The lowest BCUT2D eigenvalue weighted by Gasteiger charge is -2.20. The largest absolute Gasteiger partial charge is 0.454 e. The maximum atomic E-state index is 13.2. The highest BCUT2D eigenvalue weighted by atomic mass is 19.4. The van der Waals surface area contributed by atoms with Crippen molar-refractivity contribution in [3.05, 3.63) is 101 Å². The number of benzene rings is 3. The Hall–Kier alpha value is -5.26. The number of nitrogens with one attached hydrogen (secondary N) is 1. The standard InChI is InChI=1S/C31H25F3N4O5/c1-19-14-24(38-13-12-37(30(38)40)17-20-2-9-26-27(15-20)42-18-41-26)8-10-25(19)43-28-11-7-23(16-35-28)36-29(39)21-3-5-22(6-4-21)31(32,33)34/h2-11,14-16H,12-13,17-18H2,1H3,(H,36,39). The van der Waals surface area contributed by atoms with E-state index in [1.54, 1.807) is 28.0 Å². The molecule has 0 saturated carbocycles. The molecule has 0 unspecified atom stereocenters. The van der Waals surface area contributed by atoms with Gasteiger partial charge in [0.05, 0.1) is 17.4 Å². The molecule has 12 heteroatoms. The zero-order valence-electron chi connectivity index (χ0n) is 22.9. The molecule has 4 aromatic rings. The van der Waals surface area contributed by atoms with Crippen LogP contribution in [0.2, 0.25) is 0 Å². The molecule has 2 aliphatic heterocycles. The summed E-state index contributed by atoms with van der Waals surface area (Å²) < 4.78 is 55.0. The van der Waals surface area contributed by atoms with Gasteiger partial charge in [0.25, 0.3) is 5.91 Å². The van der Waals surface area contributed by atoms with Gasteiger partial charge in [0.1, 0.15) is 5.75 Å². The van der Waals surface area contributed by atoms with Crippen LogP contribution in [0, 0.1) is 6.92 Å². The second kappa shape index (κ2) is 11.2. The van der Waals surface area contributed by atoms with Crippen LogP contribution in [0.4, 0.5) is 29.3 Å². The molecule has 1 fully saturated rings. The average molecular weight is 591 g/mol. The molecule has 0 aliphatic carbocycles.